The summed E-state index contributed by atoms with van der Waals surface area (Å²) in [5.74, 6) is 5.44. The molecule has 4 fully saturated rings. The molecule has 0 N–H and O–H groups in total. The number of rotatable bonds is 4. The number of ether oxygens (including phenoxy) is 1. The van der Waals surface area contributed by atoms with Crippen molar-refractivity contribution in [3.8, 4) is 0 Å². The SMILES string of the molecule is CC[C@H]1CC[C@H]2[C@@H]3CCC4CCCC(CCC(=O)OC)[C@]4(C)[C@H]3CC[C@]12C. The van der Waals surface area contributed by atoms with E-state index in [1.807, 2.05) is 0 Å². The lowest BCUT2D eigenvalue weighted by Crippen LogP contribution is -2.55. The molecular weight excluding hydrogens is 332 g/mol. The molecule has 0 saturated heterocycles. The Balaban J connectivity index is 1.58. The number of fused-ring (bicyclic) bond motifs is 5. The van der Waals surface area contributed by atoms with Gasteiger partial charge in [-0.1, -0.05) is 33.6 Å². The van der Waals surface area contributed by atoms with Gasteiger partial charge >= 0.3 is 5.97 Å². The second-order valence-electron chi connectivity index (χ2n) is 11.0. The molecule has 0 bridgehead atoms. The highest BCUT2D eigenvalue weighted by Crippen LogP contribution is 2.69. The highest BCUT2D eigenvalue weighted by Gasteiger charge is 2.61. The van der Waals surface area contributed by atoms with Gasteiger partial charge in [-0.25, -0.2) is 0 Å². The van der Waals surface area contributed by atoms with Crippen LogP contribution in [0.2, 0.25) is 0 Å². The van der Waals surface area contributed by atoms with Crippen LogP contribution in [0.3, 0.4) is 0 Å². The minimum Gasteiger partial charge on any atom is -0.469 e. The van der Waals surface area contributed by atoms with Gasteiger partial charge in [-0.05, 0) is 104 Å². The van der Waals surface area contributed by atoms with Crippen LogP contribution in [-0.2, 0) is 9.53 Å². The van der Waals surface area contributed by atoms with E-state index in [4.69, 9.17) is 4.74 Å². The number of hydrogen-bond donors (Lipinski definition) is 0. The Kier molecular flexibility index (Phi) is 5.40. The zero-order valence-electron chi connectivity index (χ0n) is 18.3. The summed E-state index contributed by atoms with van der Waals surface area (Å²) in [5.41, 5.74) is 1.09. The van der Waals surface area contributed by atoms with E-state index in [2.05, 4.69) is 20.8 Å². The summed E-state index contributed by atoms with van der Waals surface area (Å²) in [5, 5.41) is 0. The van der Waals surface area contributed by atoms with Crippen LogP contribution in [0.1, 0.15) is 97.8 Å². The van der Waals surface area contributed by atoms with Gasteiger partial charge in [-0.15, -0.1) is 0 Å². The first-order chi connectivity index (χ1) is 12.9. The molecule has 0 heterocycles. The van der Waals surface area contributed by atoms with E-state index in [1.165, 1.54) is 71.3 Å². The fourth-order valence-electron chi connectivity index (χ4n) is 9.11. The molecule has 8 atom stereocenters. The van der Waals surface area contributed by atoms with Gasteiger partial charge in [0.1, 0.15) is 0 Å². The average Bonchev–Trinajstić information content (AvgIpc) is 3.02. The van der Waals surface area contributed by atoms with Gasteiger partial charge in [0.05, 0.1) is 7.11 Å². The van der Waals surface area contributed by atoms with Crippen LogP contribution in [0, 0.1) is 46.3 Å². The average molecular weight is 375 g/mol. The summed E-state index contributed by atoms with van der Waals surface area (Å²) in [4.78, 5) is 11.8. The number of carbonyl (C=O) groups excluding carboxylic acids is 1. The van der Waals surface area contributed by atoms with Gasteiger partial charge < -0.3 is 4.74 Å². The molecule has 0 spiro atoms. The molecule has 4 saturated carbocycles. The highest BCUT2D eigenvalue weighted by molar-refractivity contribution is 5.69. The molecule has 0 aromatic carbocycles. The van der Waals surface area contributed by atoms with Gasteiger partial charge in [-0.2, -0.15) is 0 Å². The second kappa shape index (κ2) is 7.38. The van der Waals surface area contributed by atoms with Crippen LogP contribution in [-0.4, -0.2) is 13.1 Å². The Morgan fingerprint density at radius 2 is 1.78 bits per heavy atom. The smallest absolute Gasteiger partial charge is 0.305 e. The first kappa shape index (κ1) is 19.8. The summed E-state index contributed by atoms with van der Waals surface area (Å²) in [6.45, 7) is 7.73. The zero-order valence-corrected chi connectivity index (χ0v) is 18.3. The third-order valence-electron chi connectivity index (χ3n) is 10.6. The van der Waals surface area contributed by atoms with E-state index in [-0.39, 0.29) is 5.97 Å². The molecule has 4 aliphatic carbocycles. The standard InChI is InChI=1S/C25H42O2/c1-5-17-10-13-21-20-12-9-18-7-6-8-19(11-14-23(26)27-4)25(18,3)22(20)15-16-24(17,21)2/h17-22H,5-16H2,1-4H3/t17-,18?,19?,20-,21-,22-,24+,25+/m0/s1. The fourth-order valence-corrected chi connectivity index (χ4v) is 9.11. The van der Waals surface area contributed by atoms with E-state index in [1.54, 1.807) is 0 Å². The number of methoxy groups -OCH3 is 1. The summed E-state index contributed by atoms with van der Waals surface area (Å²) in [6, 6.07) is 0. The Morgan fingerprint density at radius 3 is 2.52 bits per heavy atom. The molecule has 0 amide bonds. The molecule has 27 heavy (non-hydrogen) atoms. The predicted octanol–water partition coefficient (Wildman–Crippen LogP) is 6.62. The van der Waals surface area contributed by atoms with E-state index < -0.39 is 0 Å². The van der Waals surface area contributed by atoms with Gasteiger partial charge in [0.25, 0.3) is 0 Å². The molecule has 4 rings (SSSR count). The van der Waals surface area contributed by atoms with Crippen molar-refractivity contribution in [1.29, 1.82) is 0 Å². The molecule has 2 nitrogen and oxygen atoms in total. The van der Waals surface area contributed by atoms with Gasteiger partial charge in [-0.3, -0.25) is 4.79 Å². The van der Waals surface area contributed by atoms with Crippen LogP contribution in [0.15, 0.2) is 0 Å². The maximum absolute atomic E-state index is 11.8. The van der Waals surface area contributed by atoms with Crippen molar-refractivity contribution < 1.29 is 9.53 Å². The summed E-state index contributed by atoms with van der Waals surface area (Å²) in [6.07, 6.45) is 16.1. The molecule has 154 valence electrons. The van der Waals surface area contributed by atoms with Gasteiger partial charge in [0.2, 0.25) is 0 Å². The van der Waals surface area contributed by atoms with Crippen molar-refractivity contribution >= 4 is 5.97 Å². The van der Waals surface area contributed by atoms with E-state index in [0.717, 1.165) is 41.9 Å². The van der Waals surface area contributed by atoms with E-state index in [9.17, 15) is 4.79 Å². The number of hydrogen-bond acceptors (Lipinski definition) is 2. The van der Waals surface area contributed by atoms with Gasteiger partial charge in [0.15, 0.2) is 0 Å². The highest BCUT2D eigenvalue weighted by atomic mass is 16.5. The lowest BCUT2D eigenvalue weighted by atomic mass is 9.42. The second-order valence-corrected chi connectivity index (χ2v) is 11.0. The van der Waals surface area contributed by atoms with Crippen molar-refractivity contribution in [3.63, 3.8) is 0 Å². The quantitative estimate of drug-likeness (QED) is 0.517. The van der Waals surface area contributed by atoms with Crippen molar-refractivity contribution in [3.05, 3.63) is 0 Å². The lowest BCUT2D eigenvalue weighted by Gasteiger charge is -2.63. The molecule has 0 aromatic rings. The zero-order chi connectivity index (χ0) is 19.2. The Labute approximate surface area is 167 Å². The fraction of sp³-hybridized carbons (Fsp3) is 0.960. The van der Waals surface area contributed by atoms with E-state index >= 15 is 0 Å². The predicted molar refractivity (Wildman–Crippen MR) is 110 cm³/mol. The summed E-state index contributed by atoms with van der Waals surface area (Å²) < 4.78 is 4.97. The Bertz CT molecular complexity index is 557. The molecule has 0 radical (unpaired) electrons. The normalized spacial score (nSPS) is 49.0. The molecule has 2 unspecified atom stereocenters. The largest absolute Gasteiger partial charge is 0.469 e. The first-order valence-corrected chi connectivity index (χ1v) is 12.0. The maximum atomic E-state index is 11.8. The lowest BCUT2D eigenvalue weighted by molar-refractivity contribution is -0.148. The van der Waals surface area contributed by atoms with Crippen LogP contribution in [0.5, 0.6) is 0 Å². The van der Waals surface area contributed by atoms with Crippen molar-refractivity contribution in [2.24, 2.45) is 46.3 Å². The molecule has 2 heteroatoms. The minimum absolute atomic E-state index is 0.00844. The number of carbonyl (C=O) groups is 1. The molecule has 0 aliphatic heterocycles. The maximum Gasteiger partial charge on any atom is 0.305 e. The Morgan fingerprint density at radius 1 is 0.963 bits per heavy atom. The van der Waals surface area contributed by atoms with E-state index in [0.29, 0.717) is 17.3 Å². The third kappa shape index (κ3) is 2.99. The molecule has 0 aromatic heterocycles. The van der Waals surface area contributed by atoms with Crippen molar-refractivity contribution in [1.82, 2.24) is 0 Å². The molecular formula is C25H42O2. The third-order valence-corrected chi connectivity index (χ3v) is 10.6. The number of esters is 1. The monoisotopic (exact) mass is 374 g/mol. The van der Waals surface area contributed by atoms with Gasteiger partial charge in [0, 0.05) is 6.42 Å². The first-order valence-electron chi connectivity index (χ1n) is 12.0. The van der Waals surface area contributed by atoms with Crippen molar-refractivity contribution in [2.45, 2.75) is 97.8 Å². The Hall–Kier alpha value is -0.530. The minimum atomic E-state index is -0.00844. The van der Waals surface area contributed by atoms with Crippen molar-refractivity contribution in [2.75, 3.05) is 7.11 Å². The van der Waals surface area contributed by atoms with Crippen LogP contribution in [0.25, 0.3) is 0 Å². The van der Waals surface area contributed by atoms with Crippen LogP contribution in [0.4, 0.5) is 0 Å². The van der Waals surface area contributed by atoms with Crippen LogP contribution >= 0.6 is 0 Å². The summed E-state index contributed by atoms with van der Waals surface area (Å²) >= 11 is 0. The topological polar surface area (TPSA) is 26.3 Å². The summed E-state index contributed by atoms with van der Waals surface area (Å²) in [7, 11) is 1.54. The van der Waals surface area contributed by atoms with Crippen LogP contribution < -0.4 is 0 Å². The molecule has 4 aliphatic rings.